The highest BCUT2D eigenvalue weighted by molar-refractivity contribution is 7.71. The van der Waals surface area contributed by atoms with Gasteiger partial charge in [0, 0.05) is 18.5 Å². The van der Waals surface area contributed by atoms with Crippen LogP contribution in [-0.2, 0) is 17.8 Å². The molecule has 1 amide bonds. The quantitative estimate of drug-likeness (QED) is 0.359. The molecule has 1 aromatic heterocycles. The van der Waals surface area contributed by atoms with Crippen LogP contribution in [0, 0.1) is 11.7 Å². The third kappa shape index (κ3) is 5.39. The maximum atomic E-state index is 12.9. The summed E-state index contributed by atoms with van der Waals surface area (Å²) in [6.07, 6.45) is 1.04. The Morgan fingerprint density at radius 3 is 2.34 bits per heavy atom. The molecule has 1 heterocycles. The van der Waals surface area contributed by atoms with Crippen molar-refractivity contribution in [1.29, 1.82) is 0 Å². The highest BCUT2D eigenvalue weighted by Gasteiger charge is 2.16. The minimum absolute atomic E-state index is 0.0206. The normalized spacial score (nSPS) is 11.8. The molecule has 0 spiro atoms. The van der Waals surface area contributed by atoms with Crippen molar-refractivity contribution < 1.29 is 4.79 Å². The number of benzene rings is 3. The number of aromatic nitrogens is 3. The lowest BCUT2D eigenvalue weighted by Crippen LogP contribution is -2.30. The van der Waals surface area contributed by atoms with Crippen molar-refractivity contribution in [2.75, 3.05) is 0 Å². The number of carbonyl (C=O) groups excluding carboxylic acids is 1. The molecule has 0 saturated heterocycles. The predicted molar refractivity (Wildman–Crippen MR) is 130 cm³/mol. The molecule has 0 aliphatic carbocycles. The smallest absolute Gasteiger partial charge is 0.222 e. The summed E-state index contributed by atoms with van der Waals surface area (Å²) in [6, 6.07) is 28.3. The molecular formula is C26H26N4OS. The number of H-pyrrole nitrogens is 1. The molecule has 5 nitrogen and oxygen atoms in total. The van der Waals surface area contributed by atoms with Gasteiger partial charge in [0.25, 0.3) is 0 Å². The van der Waals surface area contributed by atoms with Gasteiger partial charge in [-0.25, -0.2) is 0 Å². The molecule has 0 radical (unpaired) electrons. The molecule has 0 saturated carbocycles. The standard InChI is InChI=1S/C26H26N4OS/c1-19-12-14-22(15-13-19)25-28-29-26(32)30(25)17-16-24(31)27-23(21-10-6-3-7-11-21)18-20-8-4-2-5-9-20/h2-15,23H,16-18H2,1H3,(H,27,31)(H,29,32). The number of amides is 1. The number of aromatic amines is 1. The van der Waals surface area contributed by atoms with Crippen molar-refractivity contribution >= 4 is 18.1 Å². The van der Waals surface area contributed by atoms with Crippen LogP contribution >= 0.6 is 12.2 Å². The second kappa shape index (κ2) is 10.2. The average Bonchev–Trinajstić information content (AvgIpc) is 3.19. The molecule has 0 fully saturated rings. The number of rotatable bonds is 8. The van der Waals surface area contributed by atoms with Crippen LogP contribution in [0.3, 0.4) is 0 Å². The SMILES string of the molecule is Cc1ccc(-c2n[nH]c(=S)n2CCC(=O)NC(Cc2ccccc2)c2ccccc2)cc1. The number of nitrogens with zero attached hydrogens (tertiary/aromatic N) is 2. The molecule has 162 valence electrons. The summed E-state index contributed by atoms with van der Waals surface area (Å²) in [7, 11) is 0. The van der Waals surface area contributed by atoms with Gasteiger partial charge in [-0.15, -0.1) is 0 Å². The zero-order valence-corrected chi connectivity index (χ0v) is 18.8. The van der Waals surface area contributed by atoms with E-state index < -0.39 is 0 Å². The Balaban J connectivity index is 1.47. The molecule has 0 aliphatic heterocycles. The molecule has 1 atom stereocenters. The first-order valence-corrected chi connectivity index (χ1v) is 11.1. The summed E-state index contributed by atoms with van der Waals surface area (Å²) < 4.78 is 2.39. The minimum Gasteiger partial charge on any atom is -0.349 e. The van der Waals surface area contributed by atoms with Crippen molar-refractivity contribution in [3.8, 4) is 11.4 Å². The first kappa shape index (κ1) is 21.7. The van der Waals surface area contributed by atoms with Crippen LogP contribution in [0.1, 0.15) is 29.2 Å². The van der Waals surface area contributed by atoms with Crippen LogP contribution in [0.5, 0.6) is 0 Å². The third-order valence-corrected chi connectivity index (χ3v) is 5.76. The van der Waals surface area contributed by atoms with E-state index in [0.717, 1.165) is 23.4 Å². The highest BCUT2D eigenvalue weighted by atomic mass is 32.1. The fraction of sp³-hybridized carbons (Fsp3) is 0.192. The van der Waals surface area contributed by atoms with Gasteiger partial charge in [-0.1, -0.05) is 90.5 Å². The third-order valence-electron chi connectivity index (χ3n) is 5.45. The Hall–Kier alpha value is -3.51. The van der Waals surface area contributed by atoms with Gasteiger partial charge < -0.3 is 5.32 Å². The van der Waals surface area contributed by atoms with Crippen molar-refractivity contribution in [3.63, 3.8) is 0 Å². The van der Waals surface area contributed by atoms with E-state index in [1.807, 2.05) is 72.2 Å². The van der Waals surface area contributed by atoms with Gasteiger partial charge in [0.2, 0.25) is 5.91 Å². The fourth-order valence-electron chi connectivity index (χ4n) is 3.72. The second-order valence-electron chi connectivity index (χ2n) is 7.84. The van der Waals surface area contributed by atoms with Crippen LogP contribution in [0.4, 0.5) is 0 Å². The van der Waals surface area contributed by atoms with E-state index in [1.165, 1.54) is 11.1 Å². The maximum Gasteiger partial charge on any atom is 0.222 e. The van der Waals surface area contributed by atoms with Gasteiger partial charge in [0.15, 0.2) is 10.6 Å². The molecule has 6 heteroatoms. The van der Waals surface area contributed by atoms with Gasteiger partial charge in [0.05, 0.1) is 6.04 Å². The zero-order chi connectivity index (χ0) is 22.3. The predicted octanol–water partition coefficient (Wildman–Crippen LogP) is 5.41. The summed E-state index contributed by atoms with van der Waals surface area (Å²) in [5.41, 5.74) is 4.42. The Kier molecular flexibility index (Phi) is 6.92. The first-order valence-electron chi connectivity index (χ1n) is 10.7. The van der Waals surface area contributed by atoms with Crippen molar-refractivity contribution in [1.82, 2.24) is 20.1 Å². The van der Waals surface area contributed by atoms with Crippen LogP contribution in [0.15, 0.2) is 84.9 Å². The number of hydrogen-bond donors (Lipinski definition) is 2. The van der Waals surface area contributed by atoms with Crippen molar-refractivity contribution in [2.24, 2.45) is 0 Å². The van der Waals surface area contributed by atoms with Crippen molar-refractivity contribution in [2.45, 2.75) is 32.4 Å². The zero-order valence-electron chi connectivity index (χ0n) is 18.0. The molecule has 4 rings (SSSR count). The van der Waals surface area contributed by atoms with Gasteiger partial charge in [-0.2, -0.15) is 5.10 Å². The Morgan fingerprint density at radius 1 is 1.00 bits per heavy atom. The van der Waals surface area contributed by atoms with E-state index in [-0.39, 0.29) is 11.9 Å². The van der Waals surface area contributed by atoms with Crippen LogP contribution < -0.4 is 5.32 Å². The summed E-state index contributed by atoms with van der Waals surface area (Å²) in [5.74, 6) is 0.722. The molecule has 3 aromatic carbocycles. The Labute approximate surface area is 193 Å². The van der Waals surface area contributed by atoms with Crippen LogP contribution in [0.25, 0.3) is 11.4 Å². The number of carbonyl (C=O) groups is 1. The number of hydrogen-bond acceptors (Lipinski definition) is 3. The summed E-state index contributed by atoms with van der Waals surface area (Å²) >= 11 is 5.41. The Bertz CT molecular complexity index is 1210. The van der Waals surface area contributed by atoms with Crippen LogP contribution in [-0.4, -0.2) is 20.7 Å². The topological polar surface area (TPSA) is 62.7 Å². The summed E-state index contributed by atoms with van der Waals surface area (Å²) in [4.78, 5) is 12.9. The molecule has 0 aliphatic rings. The molecule has 0 bridgehead atoms. The molecule has 4 aromatic rings. The number of nitrogens with one attached hydrogen (secondary N) is 2. The molecular weight excluding hydrogens is 416 g/mol. The highest BCUT2D eigenvalue weighted by Crippen LogP contribution is 2.20. The van der Waals surface area contributed by atoms with Gasteiger partial charge in [0.1, 0.15) is 0 Å². The monoisotopic (exact) mass is 442 g/mol. The first-order chi connectivity index (χ1) is 15.6. The van der Waals surface area contributed by atoms with E-state index in [4.69, 9.17) is 12.2 Å². The van der Waals surface area contributed by atoms with Gasteiger partial charge in [-0.3, -0.25) is 14.5 Å². The molecule has 1 unspecified atom stereocenters. The second-order valence-corrected chi connectivity index (χ2v) is 8.23. The lowest BCUT2D eigenvalue weighted by molar-refractivity contribution is -0.122. The van der Waals surface area contributed by atoms with E-state index >= 15 is 0 Å². The van der Waals surface area contributed by atoms with E-state index in [2.05, 4.69) is 39.8 Å². The maximum absolute atomic E-state index is 12.9. The van der Waals surface area contributed by atoms with E-state index in [1.54, 1.807) is 0 Å². The number of aryl methyl sites for hydroxylation is 1. The summed E-state index contributed by atoms with van der Waals surface area (Å²) in [6.45, 7) is 2.50. The molecule has 2 N–H and O–H groups in total. The lowest BCUT2D eigenvalue weighted by Gasteiger charge is -2.20. The Morgan fingerprint density at radius 2 is 1.66 bits per heavy atom. The summed E-state index contributed by atoms with van der Waals surface area (Å²) in [5, 5.41) is 10.4. The van der Waals surface area contributed by atoms with E-state index in [9.17, 15) is 4.79 Å². The van der Waals surface area contributed by atoms with Gasteiger partial charge in [-0.05, 0) is 36.7 Å². The minimum atomic E-state index is -0.0972. The van der Waals surface area contributed by atoms with Crippen molar-refractivity contribution in [3.05, 3.63) is 106 Å². The lowest BCUT2D eigenvalue weighted by atomic mass is 9.98. The average molecular weight is 443 g/mol. The van der Waals surface area contributed by atoms with Crippen LogP contribution in [0.2, 0.25) is 0 Å². The van der Waals surface area contributed by atoms with E-state index in [0.29, 0.717) is 17.7 Å². The van der Waals surface area contributed by atoms with Gasteiger partial charge >= 0.3 is 0 Å². The fourth-order valence-corrected chi connectivity index (χ4v) is 3.94. The largest absolute Gasteiger partial charge is 0.349 e. The molecule has 32 heavy (non-hydrogen) atoms.